The minimum absolute atomic E-state index is 0.167. The molecule has 2 amide bonds. The van der Waals surface area contributed by atoms with Gasteiger partial charge in [-0.2, -0.15) is 5.10 Å². The molecule has 3 rings (SSSR count). The first kappa shape index (κ1) is 13.6. The van der Waals surface area contributed by atoms with E-state index in [1.165, 1.54) is 6.26 Å². The Morgan fingerprint density at radius 2 is 2.19 bits per heavy atom. The van der Waals surface area contributed by atoms with Gasteiger partial charge in [-0.05, 0) is 31.2 Å². The highest BCUT2D eigenvalue weighted by molar-refractivity contribution is 9.10. The van der Waals surface area contributed by atoms with Gasteiger partial charge in [0.05, 0.1) is 17.5 Å². The predicted molar refractivity (Wildman–Crippen MR) is 80.2 cm³/mol. The number of fused-ring (bicyclic) bond motifs is 1. The number of carbonyl (C=O) groups is 2. The monoisotopic (exact) mass is 347 g/mol. The van der Waals surface area contributed by atoms with Gasteiger partial charge in [0.25, 0.3) is 11.8 Å². The minimum atomic E-state index is -0.426. The Kier molecular flexibility index (Phi) is 3.34. The largest absolute Gasteiger partial charge is 0.469 e. The molecule has 0 saturated heterocycles. The van der Waals surface area contributed by atoms with Crippen molar-refractivity contribution in [3.63, 3.8) is 0 Å². The van der Waals surface area contributed by atoms with Crippen LogP contribution in [0.3, 0.4) is 0 Å². The molecule has 0 saturated carbocycles. The molecule has 21 heavy (non-hydrogen) atoms. The summed E-state index contributed by atoms with van der Waals surface area (Å²) in [6, 6.07) is 6.89. The lowest BCUT2D eigenvalue weighted by Gasteiger charge is -2.00. The summed E-state index contributed by atoms with van der Waals surface area (Å²) in [5.41, 5.74) is 4.22. The average Bonchev–Trinajstić information content (AvgIpc) is 2.99. The fourth-order valence-corrected chi connectivity index (χ4v) is 2.38. The second kappa shape index (κ2) is 5.17. The Balaban J connectivity index is 1.88. The van der Waals surface area contributed by atoms with Crippen LogP contribution in [0.2, 0.25) is 0 Å². The molecule has 0 fully saturated rings. The van der Waals surface area contributed by atoms with Gasteiger partial charge in [0, 0.05) is 10.0 Å². The Morgan fingerprint density at radius 3 is 2.90 bits per heavy atom. The molecule has 1 aliphatic heterocycles. The number of aryl methyl sites for hydroxylation is 1. The highest BCUT2D eigenvalue weighted by Gasteiger charge is 2.26. The predicted octanol–water partition coefficient (Wildman–Crippen LogP) is 2.44. The number of hydrazone groups is 1. The minimum Gasteiger partial charge on any atom is -0.469 e. The van der Waals surface area contributed by atoms with Gasteiger partial charge in [-0.25, -0.2) is 5.43 Å². The molecule has 0 aliphatic carbocycles. The molecule has 1 aromatic heterocycles. The van der Waals surface area contributed by atoms with Crippen LogP contribution in [0.5, 0.6) is 0 Å². The van der Waals surface area contributed by atoms with Gasteiger partial charge < -0.3 is 9.73 Å². The molecule has 0 radical (unpaired) electrons. The van der Waals surface area contributed by atoms with E-state index in [4.69, 9.17) is 4.42 Å². The third kappa shape index (κ3) is 2.47. The molecule has 0 unspecified atom stereocenters. The van der Waals surface area contributed by atoms with Crippen molar-refractivity contribution in [2.45, 2.75) is 6.92 Å². The van der Waals surface area contributed by atoms with E-state index in [0.717, 1.165) is 4.47 Å². The number of hydrogen-bond acceptors (Lipinski definition) is 4. The quantitative estimate of drug-likeness (QED) is 0.818. The van der Waals surface area contributed by atoms with Gasteiger partial charge in [0.15, 0.2) is 5.71 Å². The number of furan rings is 1. The van der Waals surface area contributed by atoms with Gasteiger partial charge in [-0.1, -0.05) is 15.9 Å². The molecule has 1 aliphatic rings. The molecular weight excluding hydrogens is 338 g/mol. The lowest BCUT2D eigenvalue weighted by atomic mass is 10.1. The van der Waals surface area contributed by atoms with Crippen molar-refractivity contribution in [3.05, 3.63) is 51.9 Å². The van der Waals surface area contributed by atoms with Gasteiger partial charge in [0.1, 0.15) is 5.76 Å². The third-order valence-corrected chi connectivity index (χ3v) is 3.57. The van der Waals surface area contributed by atoms with E-state index in [1.807, 2.05) is 6.07 Å². The van der Waals surface area contributed by atoms with Crippen molar-refractivity contribution in [3.8, 4) is 0 Å². The van der Waals surface area contributed by atoms with Gasteiger partial charge in [-0.3, -0.25) is 9.59 Å². The Hall–Kier alpha value is -2.41. The summed E-state index contributed by atoms with van der Waals surface area (Å²) < 4.78 is 5.88. The molecule has 2 N–H and O–H groups in total. The van der Waals surface area contributed by atoms with Crippen LogP contribution in [0.15, 0.2) is 44.5 Å². The second-order valence-corrected chi connectivity index (χ2v) is 5.35. The summed E-state index contributed by atoms with van der Waals surface area (Å²) in [5.74, 6) is -0.288. The van der Waals surface area contributed by atoms with Crippen molar-refractivity contribution in [2.24, 2.45) is 5.10 Å². The van der Waals surface area contributed by atoms with Crippen molar-refractivity contribution in [2.75, 3.05) is 5.32 Å². The molecule has 2 heterocycles. The van der Waals surface area contributed by atoms with Gasteiger partial charge >= 0.3 is 0 Å². The van der Waals surface area contributed by atoms with E-state index >= 15 is 0 Å². The molecule has 106 valence electrons. The first-order valence-electron chi connectivity index (χ1n) is 6.09. The number of nitrogens with one attached hydrogen (secondary N) is 2. The highest BCUT2D eigenvalue weighted by atomic mass is 79.9. The van der Waals surface area contributed by atoms with E-state index in [9.17, 15) is 9.59 Å². The summed E-state index contributed by atoms with van der Waals surface area (Å²) in [6.07, 6.45) is 1.42. The van der Waals surface area contributed by atoms with Crippen LogP contribution >= 0.6 is 15.9 Å². The number of hydrogen-bond donors (Lipinski definition) is 2. The smallest absolute Gasteiger partial charge is 0.276 e. The summed E-state index contributed by atoms with van der Waals surface area (Å²) in [5, 5.41) is 6.61. The van der Waals surface area contributed by atoms with Gasteiger partial charge in [0.2, 0.25) is 0 Å². The fraction of sp³-hybridized carbons (Fsp3) is 0.0714. The number of carbonyl (C=O) groups excluding carboxylic acids is 2. The number of halogens is 1. The summed E-state index contributed by atoms with van der Waals surface area (Å²) in [6.45, 7) is 1.68. The fourth-order valence-electron chi connectivity index (χ4n) is 2.02. The maximum atomic E-state index is 11.9. The first-order chi connectivity index (χ1) is 10.1. The zero-order chi connectivity index (χ0) is 15.0. The zero-order valence-corrected chi connectivity index (χ0v) is 12.5. The van der Waals surface area contributed by atoms with E-state index < -0.39 is 5.91 Å². The van der Waals surface area contributed by atoms with Crippen molar-refractivity contribution >= 4 is 39.1 Å². The van der Waals surface area contributed by atoms with Crippen LogP contribution in [0, 0.1) is 6.92 Å². The van der Waals surface area contributed by atoms with Crippen LogP contribution in [-0.4, -0.2) is 17.5 Å². The van der Waals surface area contributed by atoms with E-state index in [-0.39, 0.29) is 11.6 Å². The topological polar surface area (TPSA) is 83.7 Å². The second-order valence-electron chi connectivity index (χ2n) is 4.44. The van der Waals surface area contributed by atoms with E-state index in [1.54, 1.807) is 25.1 Å². The lowest BCUT2D eigenvalue weighted by molar-refractivity contribution is -0.110. The van der Waals surface area contributed by atoms with Crippen LogP contribution in [0.4, 0.5) is 5.69 Å². The number of amides is 2. The number of rotatable bonds is 2. The van der Waals surface area contributed by atoms with Crippen LogP contribution in [-0.2, 0) is 4.79 Å². The van der Waals surface area contributed by atoms with Gasteiger partial charge in [-0.15, -0.1) is 0 Å². The Labute approximate surface area is 128 Å². The van der Waals surface area contributed by atoms with Crippen molar-refractivity contribution in [1.29, 1.82) is 0 Å². The number of benzene rings is 1. The van der Waals surface area contributed by atoms with Crippen LogP contribution in [0.1, 0.15) is 21.7 Å². The van der Waals surface area contributed by atoms with Crippen LogP contribution < -0.4 is 10.7 Å². The maximum Gasteiger partial charge on any atom is 0.276 e. The Morgan fingerprint density at radius 1 is 1.38 bits per heavy atom. The number of nitrogens with zero attached hydrogens (tertiary/aromatic N) is 1. The average molecular weight is 348 g/mol. The molecule has 7 heteroatoms. The highest BCUT2D eigenvalue weighted by Crippen LogP contribution is 2.26. The summed E-state index contributed by atoms with van der Waals surface area (Å²) >= 11 is 3.34. The molecule has 6 nitrogen and oxygen atoms in total. The zero-order valence-electron chi connectivity index (χ0n) is 10.9. The number of anilines is 1. The third-order valence-electron chi connectivity index (χ3n) is 3.07. The molecule has 1 aromatic carbocycles. The normalized spacial score (nSPS) is 15.0. The first-order valence-corrected chi connectivity index (χ1v) is 6.89. The molecule has 2 aromatic rings. The molecular formula is C14H10BrN3O3. The van der Waals surface area contributed by atoms with Crippen LogP contribution in [0.25, 0.3) is 0 Å². The maximum absolute atomic E-state index is 11.9. The van der Waals surface area contributed by atoms with Crippen molar-refractivity contribution in [1.82, 2.24) is 5.43 Å². The summed E-state index contributed by atoms with van der Waals surface area (Å²) in [7, 11) is 0. The van der Waals surface area contributed by atoms with E-state index in [0.29, 0.717) is 22.6 Å². The Bertz CT molecular complexity index is 780. The lowest BCUT2D eigenvalue weighted by Crippen LogP contribution is -2.23. The summed E-state index contributed by atoms with van der Waals surface area (Å²) in [4.78, 5) is 23.8. The van der Waals surface area contributed by atoms with E-state index in [2.05, 4.69) is 31.8 Å². The molecule has 0 bridgehead atoms. The molecule has 0 atom stereocenters. The molecule has 0 spiro atoms. The van der Waals surface area contributed by atoms with Crippen molar-refractivity contribution < 1.29 is 14.0 Å². The SMILES string of the molecule is Cc1occc1C(=O)N/N=C1/C(=O)Nc2ccc(Br)cc21. The standard InChI is InChI=1S/C14H10BrN3O3/c1-7-9(4-5-21-7)13(19)18-17-12-10-6-8(15)2-3-11(10)16-14(12)20/h2-6H,1H3,(H,18,19)(H,16,17,20).